The Morgan fingerprint density at radius 3 is 2.64 bits per heavy atom. The van der Waals surface area contributed by atoms with Crippen LogP contribution >= 0.6 is 0 Å². The molecule has 0 saturated carbocycles. The average molecular weight is 156 g/mol. The van der Waals surface area contributed by atoms with Gasteiger partial charge in [0.15, 0.2) is 0 Å². The molecule has 0 unspecified atom stereocenters. The fourth-order valence-electron chi connectivity index (χ4n) is 2.48. The summed E-state index contributed by atoms with van der Waals surface area (Å²) >= 11 is 0. The van der Waals surface area contributed by atoms with Crippen LogP contribution in [0, 0.1) is 0 Å². The highest BCUT2D eigenvalue weighted by molar-refractivity contribution is 5.02. The van der Waals surface area contributed by atoms with Crippen LogP contribution in [0.5, 0.6) is 0 Å². The van der Waals surface area contributed by atoms with Crippen molar-refractivity contribution in [1.29, 1.82) is 0 Å². The molecule has 2 saturated heterocycles. The minimum atomic E-state index is -0.241. The van der Waals surface area contributed by atoms with Crippen LogP contribution in [0.25, 0.3) is 0 Å². The Bertz CT molecular complexity index is 180. The lowest BCUT2D eigenvalue weighted by Crippen LogP contribution is -2.39. The Kier molecular flexibility index (Phi) is 1.37. The van der Waals surface area contributed by atoms with Crippen LogP contribution in [-0.2, 0) is 4.74 Å². The van der Waals surface area contributed by atoms with Crippen molar-refractivity contribution < 1.29 is 9.84 Å². The molecule has 0 amide bonds. The first-order valence-corrected chi connectivity index (χ1v) is 4.42. The van der Waals surface area contributed by atoms with E-state index in [-0.39, 0.29) is 17.3 Å². The van der Waals surface area contributed by atoms with Crippen molar-refractivity contribution in [3.8, 4) is 0 Å². The Balaban J connectivity index is 2.26. The lowest BCUT2D eigenvalue weighted by Gasteiger charge is -2.36. The molecule has 0 radical (unpaired) electrons. The summed E-state index contributed by atoms with van der Waals surface area (Å²) in [4.78, 5) is 0. The zero-order chi connectivity index (χ0) is 8.11. The van der Waals surface area contributed by atoms with E-state index in [9.17, 15) is 5.11 Å². The van der Waals surface area contributed by atoms with Crippen molar-refractivity contribution in [3.63, 3.8) is 0 Å². The zero-order valence-corrected chi connectivity index (χ0v) is 7.26. The fourth-order valence-corrected chi connectivity index (χ4v) is 2.48. The molecule has 2 heteroatoms. The van der Waals surface area contributed by atoms with Crippen molar-refractivity contribution >= 4 is 0 Å². The standard InChI is InChI=1S/C9H16O2/c1-8-4-3-5-9(2,11-8)7(10)6-8/h7,10H,3-6H2,1-2H3/t7-,8-,9+/m0/s1. The van der Waals surface area contributed by atoms with Crippen molar-refractivity contribution in [2.75, 3.05) is 0 Å². The molecule has 2 aliphatic rings. The van der Waals surface area contributed by atoms with Gasteiger partial charge in [-0.1, -0.05) is 0 Å². The van der Waals surface area contributed by atoms with E-state index in [4.69, 9.17) is 4.74 Å². The summed E-state index contributed by atoms with van der Waals surface area (Å²) in [7, 11) is 0. The first-order chi connectivity index (χ1) is 5.04. The Labute approximate surface area is 67.6 Å². The monoisotopic (exact) mass is 156 g/mol. The van der Waals surface area contributed by atoms with E-state index >= 15 is 0 Å². The third kappa shape index (κ3) is 1.00. The van der Waals surface area contributed by atoms with Crippen LogP contribution in [0.3, 0.4) is 0 Å². The molecule has 0 aromatic carbocycles. The molecule has 2 heterocycles. The fraction of sp³-hybridized carbons (Fsp3) is 1.00. The second-order valence-electron chi connectivity index (χ2n) is 4.44. The summed E-state index contributed by atoms with van der Waals surface area (Å²) in [6.07, 6.45) is 3.91. The highest BCUT2D eigenvalue weighted by Crippen LogP contribution is 2.47. The molecule has 0 aromatic rings. The second-order valence-corrected chi connectivity index (χ2v) is 4.44. The summed E-state index contributed by atoms with van der Waals surface area (Å²) < 4.78 is 5.83. The predicted molar refractivity (Wildman–Crippen MR) is 42.4 cm³/mol. The number of aliphatic hydroxyl groups is 1. The molecule has 2 nitrogen and oxygen atoms in total. The maximum atomic E-state index is 9.70. The highest BCUT2D eigenvalue weighted by atomic mass is 16.5. The average Bonchev–Trinajstić information content (AvgIpc) is 1.99. The summed E-state index contributed by atoms with van der Waals surface area (Å²) in [6.45, 7) is 4.14. The molecule has 1 N–H and O–H groups in total. The van der Waals surface area contributed by atoms with Gasteiger partial charge in [-0.15, -0.1) is 0 Å². The lowest BCUT2D eigenvalue weighted by molar-refractivity contribution is -0.139. The van der Waals surface area contributed by atoms with Crippen molar-refractivity contribution in [3.05, 3.63) is 0 Å². The number of fused-ring (bicyclic) bond motifs is 2. The minimum absolute atomic E-state index is 0.0214. The topological polar surface area (TPSA) is 29.5 Å². The molecule has 2 aliphatic heterocycles. The van der Waals surface area contributed by atoms with E-state index < -0.39 is 0 Å². The molecule has 2 bridgehead atoms. The molecular weight excluding hydrogens is 140 g/mol. The normalized spacial score (nSPS) is 56.5. The smallest absolute Gasteiger partial charge is 0.0920 e. The molecular formula is C9H16O2. The van der Waals surface area contributed by atoms with Crippen LogP contribution in [0.1, 0.15) is 39.5 Å². The predicted octanol–water partition coefficient (Wildman–Crippen LogP) is 1.47. The van der Waals surface area contributed by atoms with E-state index in [1.807, 2.05) is 6.92 Å². The summed E-state index contributed by atoms with van der Waals surface area (Å²) in [5, 5.41) is 9.70. The van der Waals surface area contributed by atoms with Crippen LogP contribution < -0.4 is 0 Å². The van der Waals surface area contributed by atoms with Crippen LogP contribution in [0.4, 0.5) is 0 Å². The second kappa shape index (κ2) is 1.99. The van der Waals surface area contributed by atoms with Crippen LogP contribution in [0.2, 0.25) is 0 Å². The molecule has 0 aliphatic carbocycles. The van der Waals surface area contributed by atoms with Gasteiger partial charge in [0, 0.05) is 6.42 Å². The largest absolute Gasteiger partial charge is 0.390 e. The zero-order valence-electron chi connectivity index (χ0n) is 7.26. The Morgan fingerprint density at radius 2 is 2.09 bits per heavy atom. The SMILES string of the molecule is C[C@@]12CCC[C@@](C)(O1)[C@@H](O)C2. The molecule has 0 spiro atoms. The van der Waals surface area contributed by atoms with Crippen LogP contribution in [0.15, 0.2) is 0 Å². The van der Waals surface area contributed by atoms with Gasteiger partial charge in [-0.2, -0.15) is 0 Å². The van der Waals surface area contributed by atoms with Gasteiger partial charge >= 0.3 is 0 Å². The summed E-state index contributed by atoms with van der Waals surface area (Å²) in [5.74, 6) is 0. The van der Waals surface area contributed by atoms with Crippen molar-refractivity contribution in [2.24, 2.45) is 0 Å². The number of rotatable bonds is 0. The van der Waals surface area contributed by atoms with Crippen molar-refractivity contribution in [1.82, 2.24) is 0 Å². The van der Waals surface area contributed by atoms with Gasteiger partial charge in [0.25, 0.3) is 0 Å². The third-order valence-electron chi connectivity index (χ3n) is 3.19. The first-order valence-electron chi connectivity index (χ1n) is 4.42. The maximum absolute atomic E-state index is 9.70. The number of hydrogen-bond donors (Lipinski definition) is 1. The van der Waals surface area contributed by atoms with E-state index in [0.29, 0.717) is 0 Å². The van der Waals surface area contributed by atoms with Crippen molar-refractivity contribution in [2.45, 2.75) is 56.8 Å². The molecule has 3 atom stereocenters. The van der Waals surface area contributed by atoms with E-state index in [1.54, 1.807) is 0 Å². The first kappa shape index (κ1) is 7.56. The number of ether oxygens (including phenoxy) is 1. The highest BCUT2D eigenvalue weighted by Gasteiger charge is 2.52. The van der Waals surface area contributed by atoms with Gasteiger partial charge in [0.1, 0.15) is 0 Å². The molecule has 11 heavy (non-hydrogen) atoms. The third-order valence-corrected chi connectivity index (χ3v) is 3.19. The van der Waals surface area contributed by atoms with Gasteiger partial charge in [0.05, 0.1) is 17.3 Å². The van der Waals surface area contributed by atoms with Gasteiger partial charge < -0.3 is 9.84 Å². The molecule has 2 rings (SSSR count). The molecule has 0 aromatic heterocycles. The molecule has 64 valence electrons. The van der Waals surface area contributed by atoms with Gasteiger partial charge in [-0.25, -0.2) is 0 Å². The van der Waals surface area contributed by atoms with E-state index in [1.165, 1.54) is 6.42 Å². The number of hydrogen-bond acceptors (Lipinski definition) is 2. The number of aliphatic hydroxyl groups excluding tert-OH is 1. The van der Waals surface area contributed by atoms with E-state index in [2.05, 4.69) is 6.92 Å². The Hall–Kier alpha value is -0.0800. The van der Waals surface area contributed by atoms with Gasteiger partial charge in [-0.3, -0.25) is 0 Å². The minimum Gasteiger partial charge on any atom is -0.390 e. The lowest BCUT2D eigenvalue weighted by atomic mass is 9.94. The maximum Gasteiger partial charge on any atom is 0.0920 e. The quantitative estimate of drug-likeness (QED) is 0.575. The van der Waals surface area contributed by atoms with E-state index in [0.717, 1.165) is 19.3 Å². The Morgan fingerprint density at radius 1 is 1.36 bits per heavy atom. The summed E-state index contributed by atoms with van der Waals surface area (Å²) in [5.41, 5.74) is -0.251. The molecule has 2 fully saturated rings. The van der Waals surface area contributed by atoms with Gasteiger partial charge in [-0.05, 0) is 33.1 Å². The van der Waals surface area contributed by atoms with Crippen LogP contribution in [-0.4, -0.2) is 22.4 Å². The summed E-state index contributed by atoms with van der Waals surface area (Å²) in [6, 6.07) is 0. The van der Waals surface area contributed by atoms with Gasteiger partial charge in [0.2, 0.25) is 0 Å².